The number of benzene rings is 1. The Labute approximate surface area is 158 Å². The van der Waals surface area contributed by atoms with Crippen LogP contribution in [-0.2, 0) is 6.42 Å². The number of carbonyl (C=O) groups excluding carboxylic acids is 1. The van der Waals surface area contributed by atoms with E-state index >= 15 is 0 Å². The largest absolute Gasteiger partial charge is 0.387 e. The number of aryl methyl sites for hydroxylation is 1. The van der Waals surface area contributed by atoms with Crippen molar-refractivity contribution in [3.05, 3.63) is 47.3 Å². The molecule has 0 aliphatic carbocycles. The number of carbonyl (C=O) groups is 1. The summed E-state index contributed by atoms with van der Waals surface area (Å²) in [6, 6.07) is 10.3. The van der Waals surface area contributed by atoms with Gasteiger partial charge in [0.2, 0.25) is 0 Å². The predicted molar refractivity (Wildman–Crippen MR) is 102 cm³/mol. The second-order valence-electron chi connectivity index (χ2n) is 7.23. The topological polar surface area (TPSA) is 69.6 Å². The van der Waals surface area contributed by atoms with Gasteiger partial charge in [-0.3, -0.25) is 4.79 Å². The lowest BCUT2D eigenvalue weighted by Crippen LogP contribution is -2.55. The highest BCUT2D eigenvalue weighted by molar-refractivity contribution is 6.99. The van der Waals surface area contributed by atoms with Crippen LogP contribution in [0, 0.1) is 6.92 Å². The van der Waals surface area contributed by atoms with Gasteiger partial charge in [-0.2, -0.15) is 8.75 Å². The zero-order valence-corrected chi connectivity index (χ0v) is 16.2. The van der Waals surface area contributed by atoms with Crippen LogP contribution in [0.4, 0.5) is 0 Å². The molecule has 7 heteroatoms. The van der Waals surface area contributed by atoms with Crippen molar-refractivity contribution in [2.75, 3.05) is 33.2 Å². The highest BCUT2D eigenvalue weighted by atomic mass is 32.1. The molecule has 1 aliphatic heterocycles. The smallest absolute Gasteiger partial charge is 0.275 e. The van der Waals surface area contributed by atoms with E-state index in [1.54, 1.807) is 11.8 Å². The van der Waals surface area contributed by atoms with Crippen LogP contribution in [0.5, 0.6) is 0 Å². The van der Waals surface area contributed by atoms with E-state index in [0.29, 0.717) is 37.4 Å². The summed E-state index contributed by atoms with van der Waals surface area (Å²) in [6.45, 7) is 4.22. The summed E-state index contributed by atoms with van der Waals surface area (Å²) in [4.78, 5) is 16.5. The van der Waals surface area contributed by atoms with Crippen molar-refractivity contribution < 1.29 is 9.90 Å². The summed E-state index contributed by atoms with van der Waals surface area (Å²) < 4.78 is 8.19. The molecule has 0 radical (unpaired) electrons. The Kier molecular flexibility index (Phi) is 6.01. The number of β-amino-alcohol motifs (C(OH)–C–C–N with tert-alkyl or cyclic N) is 1. The number of likely N-dealkylation sites (tertiary alicyclic amines) is 1. The van der Waals surface area contributed by atoms with Gasteiger partial charge in [-0.1, -0.05) is 30.3 Å². The van der Waals surface area contributed by atoms with E-state index in [-0.39, 0.29) is 5.91 Å². The minimum Gasteiger partial charge on any atom is -0.387 e. The maximum Gasteiger partial charge on any atom is 0.275 e. The van der Waals surface area contributed by atoms with Crippen LogP contribution >= 0.6 is 11.7 Å². The van der Waals surface area contributed by atoms with Crippen molar-refractivity contribution in [3.63, 3.8) is 0 Å². The zero-order valence-electron chi connectivity index (χ0n) is 15.4. The van der Waals surface area contributed by atoms with E-state index in [1.165, 1.54) is 5.56 Å². The predicted octanol–water partition coefficient (Wildman–Crippen LogP) is 1.99. The molecular formula is C19H26N4O2S. The Morgan fingerprint density at radius 3 is 2.81 bits per heavy atom. The minimum atomic E-state index is -0.878. The third kappa shape index (κ3) is 4.66. The number of aromatic nitrogens is 2. The van der Waals surface area contributed by atoms with Crippen LogP contribution in [0.2, 0.25) is 0 Å². The molecule has 1 fully saturated rings. The molecule has 1 aromatic heterocycles. The SMILES string of the molecule is Cc1nsnc1C(=O)N1CCCC(O)(CN(C)CCc2ccccc2)C1. The van der Waals surface area contributed by atoms with Gasteiger partial charge in [0, 0.05) is 19.6 Å². The van der Waals surface area contributed by atoms with Crippen molar-refractivity contribution in [1.82, 2.24) is 18.5 Å². The first-order valence-electron chi connectivity index (χ1n) is 9.00. The van der Waals surface area contributed by atoms with Crippen LogP contribution in [0.1, 0.15) is 34.6 Å². The van der Waals surface area contributed by atoms with Crippen LogP contribution in [-0.4, -0.2) is 68.4 Å². The maximum atomic E-state index is 12.7. The summed E-state index contributed by atoms with van der Waals surface area (Å²) in [5, 5.41) is 11.1. The molecule has 1 unspecified atom stereocenters. The van der Waals surface area contributed by atoms with E-state index < -0.39 is 5.60 Å². The molecule has 1 atom stereocenters. The quantitative estimate of drug-likeness (QED) is 0.837. The molecule has 6 nitrogen and oxygen atoms in total. The fraction of sp³-hybridized carbons (Fsp3) is 0.526. The molecule has 3 rings (SSSR count). The maximum absolute atomic E-state index is 12.7. The van der Waals surface area contributed by atoms with Gasteiger partial charge in [0.05, 0.1) is 29.6 Å². The van der Waals surface area contributed by atoms with Crippen molar-refractivity contribution in [2.45, 2.75) is 31.8 Å². The normalized spacial score (nSPS) is 20.5. The first kappa shape index (κ1) is 18.9. The lowest BCUT2D eigenvalue weighted by Gasteiger charge is -2.41. The number of hydrogen-bond donors (Lipinski definition) is 1. The molecule has 140 valence electrons. The van der Waals surface area contributed by atoms with E-state index in [9.17, 15) is 9.90 Å². The van der Waals surface area contributed by atoms with Crippen molar-refractivity contribution >= 4 is 17.6 Å². The van der Waals surface area contributed by atoms with Gasteiger partial charge in [0.15, 0.2) is 5.69 Å². The van der Waals surface area contributed by atoms with Gasteiger partial charge in [-0.25, -0.2) is 0 Å². The fourth-order valence-electron chi connectivity index (χ4n) is 3.54. The number of aliphatic hydroxyl groups is 1. The molecule has 1 N–H and O–H groups in total. The number of amides is 1. The average molecular weight is 375 g/mol. The van der Waals surface area contributed by atoms with Crippen molar-refractivity contribution in [1.29, 1.82) is 0 Å². The lowest BCUT2D eigenvalue weighted by atomic mass is 9.92. The molecule has 2 heterocycles. The zero-order chi connectivity index (χ0) is 18.6. The molecule has 1 amide bonds. The van der Waals surface area contributed by atoms with Gasteiger partial charge < -0.3 is 14.9 Å². The van der Waals surface area contributed by atoms with Crippen LogP contribution in [0.15, 0.2) is 30.3 Å². The van der Waals surface area contributed by atoms with Crippen LogP contribution < -0.4 is 0 Å². The summed E-state index contributed by atoms with van der Waals surface area (Å²) in [5.41, 5.74) is 1.49. The summed E-state index contributed by atoms with van der Waals surface area (Å²) in [6.07, 6.45) is 2.45. The molecule has 1 saturated heterocycles. The Morgan fingerprint density at radius 1 is 1.35 bits per heavy atom. The molecule has 2 aromatic rings. The number of nitrogens with zero attached hydrogens (tertiary/aromatic N) is 4. The number of hydrogen-bond acceptors (Lipinski definition) is 6. The lowest BCUT2D eigenvalue weighted by molar-refractivity contribution is -0.0426. The molecule has 1 aliphatic rings. The average Bonchev–Trinajstić information content (AvgIpc) is 3.06. The first-order chi connectivity index (χ1) is 12.5. The first-order valence-corrected chi connectivity index (χ1v) is 9.73. The van der Waals surface area contributed by atoms with E-state index in [0.717, 1.165) is 31.1 Å². The molecule has 0 saturated carbocycles. The molecular weight excluding hydrogens is 348 g/mol. The Bertz CT molecular complexity index is 736. The third-order valence-corrected chi connectivity index (χ3v) is 5.51. The summed E-state index contributed by atoms with van der Waals surface area (Å²) >= 11 is 1.06. The Hall–Kier alpha value is -1.83. The van der Waals surface area contributed by atoms with E-state index in [1.807, 2.05) is 25.2 Å². The number of likely N-dealkylation sites (N-methyl/N-ethyl adjacent to an activating group) is 1. The second-order valence-corrected chi connectivity index (χ2v) is 7.75. The van der Waals surface area contributed by atoms with E-state index in [4.69, 9.17) is 0 Å². The van der Waals surface area contributed by atoms with Crippen LogP contribution in [0.25, 0.3) is 0 Å². The molecule has 1 aromatic carbocycles. The minimum absolute atomic E-state index is 0.124. The highest BCUT2D eigenvalue weighted by Crippen LogP contribution is 2.24. The van der Waals surface area contributed by atoms with Gasteiger partial charge in [0.25, 0.3) is 5.91 Å². The van der Waals surface area contributed by atoms with Gasteiger partial charge >= 0.3 is 0 Å². The molecule has 26 heavy (non-hydrogen) atoms. The van der Waals surface area contributed by atoms with Gasteiger partial charge in [-0.15, -0.1) is 0 Å². The fourth-order valence-corrected chi connectivity index (χ4v) is 4.08. The molecule has 0 bridgehead atoms. The van der Waals surface area contributed by atoms with Crippen molar-refractivity contribution in [2.24, 2.45) is 0 Å². The summed E-state index contributed by atoms with van der Waals surface area (Å²) in [5.74, 6) is -0.124. The standard InChI is InChI=1S/C19H26N4O2S/c1-15-17(21-26-20-15)18(24)23-11-6-10-19(25,14-23)13-22(2)12-9-16-7-4-3-5-8-16/h3-5,7-8,25H,6,9-14H2,1-2H3. The monoisotopic (exact) mass is 374 g/mol. The van der Waals surface area contributed by atoms with Gasteiger partial charge in [0.1, 0.15) is 0 Å². The summed E-state index contributed by atoms with van der Waals surface area (Å²) in [7, 11) is 2.02. The number of piperidine rings is 1. The second kappa shape index (κ2) is 8.24. The van der Waals surface area contributed by atoms with Gasteiger partial charge in [-0.05, 0) is 38.8 Å². The third-order valence-electron chi connectivity index (χ3n) is 4.89. The highest BCUT2D eigenvalue weighted by Gasteiger charge is 2.37. The Balaban J connectivity index is 1.56. The Morgan fingerprint density at radius 2 is 2.12 bits per heavy atom. The van der Waals surface area contributed by atoms with Crippen LogP contribution in [0.3, 0.4) is 0 Å². The van der Waals surface area contributed by atoms with Crippen molar-refractivity contribution in [3.8, 4) is 0 Å². The number of rotatable bonds is 6. The van der Waals surface area contributed by atoms with E-state index in [2.05, 4.69) is 25.8 Å². The molecule has 0 spiro atoms.